The lowest BCUT2D eigenvalue weighted by molar-refractivity contribution is 0.101. The molecule has 0 aliphatic carbocycles. The molecule has 1 rings (SSSR count). The van der Waals surface area contributed by atoms with Crippen LogP contribution in [-0.2, 0) is 6.54 Å². The number of Topliss-reactive ketones (excluding diaryl/α,β-unsaturated/α-hetero) is 1. The molecule has 1 heterocycles. The zero-order chi connectivity index (χ0) is 9.84. The molecule has 0 spiro atoms. The lowest BCUT2D eigenvalue weighted by atomic mass is 10.2. The number of aryl methyl sites for hydroxylation is 1. The highest BCUT2D eigenvalue weighted by molar-refractivity contribution is 5.93. The third-order valence-electron chi connectivity index (χ3n) is 1.95. The van der Waals surface area contributed by atoms with Gasteiger partial charge in [-0.3, -0.25) is 4.79 Å². The molecule has 0 N–H and O–H groups in total. The highest BCUT2D eigenvalue weighted by atomic mass is 16.1. The van der Waals surface area contributed by atoms with Crippen molar-refractivity contribution in [3.05, 3.63) is 36.2 Å². The molecular weight excluding hydrogens is 162 g/mol. The first-order valence-electron chi connectivity index (χ1n) is 4.40. The summed E-state index contributed by atoms with van der Waals surface area (Å²) >= 11 is 0. The van der Waals surface area contributed by atoms with E-state index in [9.17, 15) is 4.79 Å². The van der Waals surface area contributed by atoms with Crippen LogP contribution in [-0.4, -0.2) is 10.4 Å². The Morgan fingerprint density at radius 2 is 2.23 bits per heavy atom. The standard InChI is InChI=1S/C11H15NO/c1-9(2)4-6-12-7-5-11(8-12)10(3)13/h5,7-8H,1,4,6H2,2-3H3. The number of hydrogen-bond donors (Lipinski definition) is 0. The van der Waals surface area contributed by atoms with Crippen LogP contribution in [0.25, 0.3) is 0 Å². The van der Waals surface area contributed by atoms with Gasteiger partial charge >= 0.3 is 0 Å². The third kappa shape index (κ3) is 2.90. The third-order valence-corrected chi connectivity index (χ3v) is 1.95. The first-order valence-corrected chi connectivity index (χ1v) is 4.40. The van der Waals surface area contributed by atoms with Crippen molar-refractivity contribution in [1.29, 1.82) is 0 Å². The van der Waals surface area contributed by atoms with Gasteiger partial charge in [-0.2, -0.15) is 0 Å². The number of rotatable bonds is 4. The van der Waals surface area contributed by atoms with Crippen molar-refractivity contribution in [2.24, 2.45) is 0 Å². The summed E-state index contributed by atoms with van der Waals surface area (Å²) in [5.41, 5.74) is 1.94. The molecule has 0 unspecified atom stereocenters. The number of hydrogen-bond acceptors (Lipinski definition) is 1. The van der Waals surface area contributed by atoms with Crippen molar-refractivity contribution in [2.45, 2.75) is 26.8 Å². The summed E-state index contributed by atoms with van der Waals surface area (Å²) in [7, 11) is 0. The van der Waals surface area contributed by atoms with E-state index in [-0.39, 0.29) is 5.78 Å². The second-order valence-corrected chi connectivity index (χ2v) is 3.40. The molecule has 0 saturated carbocycles. The number of allylic oxidation sites excluding steroid dienone is 1. The first kappa shape index (κ1) is 9.78. The number of carbonyl (C=O) groups excluding carboxylic acids is 1. The summed E-state index contributed by atoms with van der Waals surface area (Å²) in [6.07, 6.45) is 4.77. The van der Waals surface area contributed by atoms with E-state index in [0.29, 0.717) is 0 Å². The van der Waals surface area contributed by atoms with Crippen molar-refractivity contribution >= 4 is 5.78 Å². The molecule has 0 saturated heterocycles. The molecule has 0 atom stereocenters. The molecule has 0 fully saturated rings. The summed E-state index contributed by atoms with van der Waals surface area (Å²) in [5.74, 6) is 0.120. The minimum absolute atomic E-state index is 0.120. The highest BCUT2D eigenvalue weighted by Crippen LogP contribution is 2.05. The molecule has 70 valence electrons. The van der Waals surface area contributed by atoms with Gasteiger partial charge in [0.05, 0.1) is 0 Å². The Kier molecular flexibility index (Phi) is 3.07. The Labute approximate surface area is 78.9 Å². The monoisotopic (exact) mass is 177 g/mol. The Bertz CT molecular complexity index is 323. The van der Waals surface area contributed by atoms with Crippen molar-refractivity contribution in [3.8, 4) is 0 Å². The van der Waals surface area contributed by atoms with E-state index < -0.39 is 0 Å². The molecule has 2 heteroatoms. The zero-order valence-corrected chi connectivity index (χ0v) is 8.21. The van der Waals surface area contributed by atoms with Crippen LogP contribution in [0.1, 0.15) is 30.6 Å². The normalized spacial score (nSPS) is 10.0. The Morgan fingerprint density at radius 1 is 1.54 bits per heavy atom. The fourth-order valence-corrected chi connectivity index (χ4v) is 1.11. The van der Waals surface area contributed by atoms with Gasteiger partial charge in [0.2, 0.25) is 0 Å². The second-order valence-electron chi connectivity index (χ2n) is 3.40. The van der Waals surface area contributed by atoms with Crippen LogP contribution < -0.4 is 0 Å². The molecule has 0 amide bonds. The van der Waals surface area contributed by atoms with Gasteiger partial charge < -0.3 is 4.57 Å². The Balaban J connectivity index is 2.59. The van der Waals surface area contributed by atoms with Gasteiger partial charge in [0, 0.05) is 24.5 Å². The maximum Gasteiger partial charge on any atom is 0.161 e. The molecule has 0 radical (unpaired) electrons. The van der Waals surface area contributed by atoms with Crippen LogP contribution in [0, 0.1) is 0 Å². The minimum Gasteiger partial charge on any atom is -0.353 e. The van der Waals surface area contributed by atoms with E-state index in [2.05, 4.69) is 6.58 Å². The number of aromatic nitrogens is 1. The average molecular weight is 177 g/mol. The highest BCUT2D eigenvalue weighted by Gasteiger charge is 2.00. The van der Waals surface area contributed by atoms with Crippen LogP contribution >= 0.6 is 0 Å². The number of nitrogens with zero attached hydrogens (tertiary/aromatic N) is 1. The summed E-state index contributed by atoms with van der Waals surface area (Å²) in [5, 5.41) is 0. The van der Waals surface area contributed by atoms with Crippen LogP contribution in [0.5, 0.6) is 0 Å². The van der Waals surface area contributed by atoms with E-state index in [1.54, 1.807) is 6.92 Å². The molecule has 2 nitrogen and oxygen atoms in total. The van der Waals surface area contributed by atoms with E-state index in [4.69, 9.17) is 0 Å². The van der Waals surface area contributed by atoms with Crippen LogP contribution in [0.15, 0.2) is 30.6 Å². The van der Waals surface area contributed by atoms with Crippen LogP contribution in [0.2, 0.25) is 0 Å². The topological polar surface area (TPSA) is 22.0 Å². The molecule has 0 aliphatic rings. The predicted molar refractivity (Wildman–Crippen MR) is 53.9 cm³/mol. The Hall–Kier alpha value is -1.31. The summed E-state index contributed by atoms with van der Waals surface area (Å²) in [6, 6.07) is 1.85. The van der Waals surface area contributed by atoms with Gasteiger partial charge in [-0.25, -0.2) is 0 Å². The lowest BCUT2D eigenvalue weighted by Gasteiger charge is -2.00. The summed E-state index contributed by atoms with van der Waals surface area (Å²) in [4.78, 5) is 11.0. The largest absolute Gasteiger partial charge is 0.353 e. The molecule has 1 aromatic rings. The van der Waals surface area contributed by atoms with E-state index in [0.717, 1.165) is 24.1 Å². The molecule has 13 heavy (non-hydrogen) atoms. The van der Waals surface area contributed by atoms with Crippen molar-refractivity contribution in [2.75, 3.05) is 0 Å². The molecule has 1 aromatic heterocycles. The van der Waals surface area contributed by atoms with E-state index in [1.165, 1.54) is 0 Å². The minimum atomic E-state index is 0.120. The van der Waals surface area contributed by atoms with Gasteiger partial charge in [-0.1, -0.05) is 5.57 Å². The molecule has 0 aromatic carbocycles. The predicted octanol–water partition coefficient (Wildman–Crippen LogP) is 2.66. The van der Waals surface area contributed by atoms with Crippen LogP contribution in [0.3, 0.4) is 0 Å². The fourth-order valence-electron chi connectivity index (χ4n) is 1.11. The maximum atomic E-state index is 11.0. The molecular formula is C11H15NO. The van der Waals surface area contributed by atoms with Gasteiger partial charge in [-0.15, -0.1) is 6.58 Å². The summed E-state index contributed by atoms with van der Waals surface area (Å²) in [6.45, 7) is 8.33. The van der Waals surface area contributed by atoms with Gasteiger partial charge in [-0.05, 0) is 26.3 Å². The van der Waals surface area contributed by atoms with Crippen molar-refractivity contribution in [3.63, 3.8) is 0 Å². The lowest BCUT2D eigenvalue weighted by Crippen LogP contribution is -1.95. The second kappa shape index (κ2) is 4.08. The van der Waals surface area contributed by atoms with Gasteiger partial charge in [0.25, 0.3) is 0 Å². The van der Waals surface area contributed by atoms with Crippen LogP contribution in [0.4, 0.5) is 0 Å². The fraction of sp³-hybridized carbons (Fsp3) is 0.364. The quantitative estimate of drug-likeness (QED) is 0.512. The first-order chi connectivity index (χ1) is 6.09. The molecule has 0 bridgehead atoms. The zero-order valence-electron chi connectivity index (χ0n) is 8.21. The number of ketones is 1. The summed E-state index contributed by atoms with van der Waals surface area (Å²) < 4.78 is 2.02. The smallest absolute Gasteiger partial charge is 0.161 e. The number of carbonyl (C=O) groups is 1. The molecule has 0 aliphatic heterocycles. The average Bonchev–Trinajstić information content (AvgIpc) is 2.48. The van der Waals surface area contributed by atoms with E-state index >= 15 is 0 Å². The van der Waals surface area contributed by atoms with Gasteiger partial charge in [0.15, 0.2) is 5.78 Å². The van der Waals surface area contributed by atoms with E-state index in [1.807, 2.05) is 30.0 Å². The SMILES string of the molecule is C=C(C)CCn1ccc(C(C)=O)c1. The van der Waals surface area contributed by atoms with Gasteiger partial charge in [0.1, 0.15) is 0 Å². The maximum absolute atomic E-state index is 11.0. The van der Waals surface area contributed by atoms with Crippen molar-refractivity contribution < 1.29 is 4.79 Å². The van der Waals surface area contributed by atoms with Crippen molar-refractivity contribution in [1.82, 2.24) is 4.57 Å². The Morgan fingerprint density at radius 3 is 2.69 bits per heavy atom.